The second-order valence-corrected chi connectivity index (χ2v) is 8.31. The van der Waals surface area contributed by atoms with Gasteiger partial charge in [0.1, 0.15) is 0 Å². The van der Waals surface area contributed by atoms with E-state index in [4.69, 9.17) is 0 Å². The molecule has 0 aromatic heterocycles. The molecule has 1 fully saturated rings. The minimum atomic E-state index is -4.14. The normalized spacial score (nSPS) is 19.4. The van der Waals surface area contributed by atoms with E-state index in [2.05, 4.69) is 5.32 Å². The molecule has 0 aliphatic heterocycles. The fraction of sp³-hybridized carbons (Fsp3) is 1.00. The van der Waals surface area contributed by atoms with Crippen LogP contribution in [0.4, 0.5) is 0 Å². The maximum atomic E-state index is 11.0. The summed E-state index contributed by atoms with van der Waals surface area (Å²) >= 11 is 0. The molecule has 20 heavy (non-hydrogen) atoms. The molecule has 0 aromatic carbocycles. The molecule has 6 heteroatoms. The van der Waals surface area contributed by atoms with E-state index in [-0.39, 0.29) is 46.6 Å². The van der Waals surface area contributed by atoms with Crippen LogP contribution in [0.25, 0.3) is 0 Å². The van der Waals surface area contributed by atoms with E-state index >= 15 is 0 Å². The van der Waals surface area contributed by atoms with E-state index in [1.165, 1.54) is 32.1 Å². The van der Waals surface area contributed by atoms with Crippen LogP contribution in [0.5, 0.6) is 0 Å². The van der Waals surface area contributed by atoms with Crippen molar-refractivity contribution in [3.63, 3.8) is 0 Å². The van der Waals surface area contributed by atoms with Gasteiger partial charge in [-0.25, -0.2) is 8.42 Å². The monoisotopic (exact) mass is 313 g/mol. The van der Waals surface area contributed by atoms with E-state index in [0.29, 0.717) is 6.04 Å². The molecule has 0 bridgehead atoms. The molecule has 1 rings (SSSR count). The average Bonchev–Trinajstić information content (AvgIpc) is 2.26. The molecule has 1 aliphatic rings. The van der Waals surface area contributed by atoms with Gasteiger partial charge in [0.25, 0.3) is 0 Å². The molecule has 114 valence electrons. The van der Waals surface area contributed by atoms with Gasteiger partial charge in [0.15, 0.2) is 0 Å². The first-order chi connectivity index (χ1) is 8.68. The second-order valence-electron chi connectivity index (χ2n) is 6.87. The van der Waals surface area contributed by atoms with Crippen LogP contribution in [0.3, 0.4) is 0 Å². The quantitative estimate of drug-likeness (QED) is 0.531. The SMILES string of the molecule is CC(C)(C)C(CCNC1CCCCC1)CS(=O)(=O)[O-].[Na+]. The van der Waals surface area contributed by atoms with E-state index in [1.807, 2.05) is 20.8 Å². The fourth-order valence-corrected chi connectivity index (χ4v) is 3.94. The van der Waals surface area contributed by atoms with E-state index < -0.39 is 10.1 Å². The Bertz CT molecular complexity index is 359. The number of hydrogen-bond donors (Lipinski definition) is 1. The average molecular weight is 313 g/mol. The summed E-state index contributed by atoms with van der Waals surface area (Å²) in [6.07, 6.45) is 7.10. The van der Waals surface area contributed by atoms with Gasteiger partial charge in [-0.1, -0.05) is 40.0 Å². The zero-order chi connectivity index (χ0) is 14.5. The van der Waals surface area contributed by atoms with Gasteiger partial charge in [0.2, 0.25) is 0 Å². The van der Waals surface area contributed by atoms with Crippen molar-refractivity contribution < 1.29 is 42.5 Å². The van der Waals surface area contributed by atoms with Gasteiger partial charge >= 0.3 is 29.6 Å². The first-order valence-electron chi connectivity index (χ1n) is 7.35. The molecule has 1 N–H and O–H groups in total. The predicted octanol–water partition coefficient (Wildman–Crippen LogP) is -0.490. The van der Waals surface area contributed by atoms with Gasteiger partial charge in [-0.3, -0.25) is 0 Å². The molecular formula is C14H28NNaO3S. The molecule has 0 radical (unpaired) electrons. The Balaban J connectivity index is 0.00000361. The molecule has 0 spiro atoms. The second kappa shape index (κ2) is 9.11. The van der Waals surface area contributed by atoms with Crippen LogP contribution in [-0.4, -0.2) is 31.3 Å². The summed E-state index contributed by atoms with van der Waals surface area (Å²) < 4.78 is 32.9. The molecule has 0 aromatic rings. The maximum Gasteiger partial charge on any atom is 1.00 e. The topological polar surface area (TPSA) is 69.2 Å². The Morgan fingerprint density at radius 2 is 1.75 bits per heavy atom. The summed E-state index contributed by atoms with van der Waals surface area (Å²) in [5.41, 5.74) is -0.147. The molecule has 0 saturated heterocycles. The van der Waals surface area contributed by atoms with E-state index in [1.54, 1.807) is 0 Å². The van der Waals surface area contributed by atoms with Crippen LogP contribution >= 0.6 is 0 Å². The third-order valence-electron chi connectivity index (χ3n) is 4.16. The summed E-state index contributed by atoms with van der Waals surface area (Å²) in [5.74, 6) is -0.325. The van der Waals surface area contributed by atoms with Crippen molar-refractivity contribution >= 4 is 10.1 Å². The molecule has 0 amide bonds. The Hall–Kier alpha value is 0.870. The molecule has 1 atom stereocenters. The van der Waals surface area contributed by atoms with E-state index in [9.17, 15) is 13.0 Å². The Kier molecular flexibility index (Phi) is 9.51. The maximum absolute atomic E-state index is 11.0. The predicted molar refractivity (Wildman–Crippen MR) is 77.0 cm³/mol. The smallest absolute Gasteiger partial charge is 0.748 e. The van der Waals surface area contributed by atoms with Gasteiger partial charge in [0.05, 0.1) is 10.1 Å². The molecule has 1 unspecified atom stereocenters. The van der Waals surface area contributed by atoms with Gasteiger partial charge < -0.3 is 9.87 Å². The zero-order valence-electron chi connectivity index (χ0n) is 13.4. The first-order valence-corrected chi connectivity index (χ1v) is 8.93. The molecule has 1 saturated carbocycles. The third kappa shape index (κ3) is 9.00. The van der Waals surface area contributed by atoms with Gasteiger partial charge in [0, 0.05) is 11.8 Å². The van der Waals surface area contributed by atoms with Gasteiger partial charge in [-0.15, -0.1) is 0 Å². The van der Waals surface area contributed by atoms with Crippen LogP contribution in [0, 0.1) is 11.3 Å². The summed E-state index contributed by atoms with van der Waals surface area (Å²) in [6, 6.07) is 0.582. The Morgan fingerprint density at radius 3 is 2.20 bits per heavy atom. The summed E-state index contributed by atoms with van der Waals surface area (Å²) in [6.45, 7) is 6.82. The van der Waals surface area contributed by atoms with Crippen molar-refractivity contribution in [3.05, 3.63) is 0 Å². The van der Waals surface area contributed by atoms with Crippen molar-refractivity contribution in [1.82, 2.24) is 5.32 Å². The Labute approximate surface area is 146 Å². The molecular weight excluding hydrogens is 285 g/mol. The summed E-state index contributed by atoms with van der Waals surface area (Å²) in [5, 5.41) is 3.51. The van der Waals surface area contributed by atoms with Gasteiger partial charge in [-0.2, -0.15) is 0 Å². The van der Waals surface area contributed by atoms with Crippen LogP contribution in [-0.2, 0) is 10.1 Å². The zero-order valence-corrected chi connectivity index (χ0v) is 16.3. The molecule has 4 nitrogen and oxygen atoms in total. The van der Waals surface area contributed by atoms with Crippen molar-refractivity contribution in [1.29, 1.82) is 0 Å². The van der Waals surface area contributed by atoms with Crippen molar-refractivity contribution in [2.24, 2.45) is 11.3 Å². The third-order valence-corrected chi connectivity index (χ3v) is 4.97. The molecule has 1 aliphatic carbocycles. The van der Waals surface area contributed by atoms with Crippen LogP contribution in [0.1, 0.15) is 59.3 Å². The first kappa shape index (κ1) is 20.9. The minimum absolute atomic E-state index is 0. The minimum Gasteiger partial charge on any atom is -0.748 e. The fourth-order valence-electron chi connectivity index (χ4n) is 2.78. The van der Waals surface area contributed by atoms with Crippen molar-refractivity contribution in [2.45, 2.75) is 65.3 Å². The summed E-state index contributed by atoms with van der Waals surface area (Å²) in [7, 11) is -4.14. The van der Waals surface area contributed by atoms with Crippen molar-refractivity contribution in [3.8, 4) is 0 Å². The van der Waals surface area contributed by atoms with Crippen LogP contribution < -0.4 is 34.9 Å². The largest absolute Gasteiger partial charge is 1.00 e. The van der Waals surface area contributed by atoms with Gasteiger partial charge in [-0.05, 0) is 37.1 Å². The molecule has 0 heterocycles. The van der Waals surface area contributed by atoms with Crippen LogP contribution in [0.15, 0.2) is 0 Å². The Morgan fingerprint density at radius 1 is 1.20 bits per heavy atom. The number of hydrogen-bond acceptors (Lipinski definition) is 4. The van der Waals surface area contributed by atoms with E-state index in [0.717, 1.165) is 13.0 Å². The number of rotatable bonds is 6. The summed E-state index contributed by atoms with van der Waals surface area (Å²) in [4.78, 5) is 0. The van der Waals surface area contributed by atoms with Crippen LogP contribution in [0.2, 0.25) is 0 Å². The van der Waals surface area contributed by atoms with Crippen molar-refractivity contribution in [2.75, 3.05) is 12.3 Å². The standard InChI is InChI=1S/C14H29NO3S.Na/c1-14(2,3)12(11-19(16,17)18)9-10-15-13-7-5-4-6-8-13;/h12-13,15H,4-11H2,1-3H3,(H,16,17,18);/q;+1/p-1. The number of nitrogens with one attached hydrogen (secondary N) is 1.